The number of rotatable bonds is 8. The predicted octanol–water partition coefficient (Wildman–Crippen LogP) is 3.47. The van der Waals surface area contributed by atoms with E-state index >= 15 is 0 Å². The first kappa shape index (κ1) is 13.2. The summed E-state index contributed by atoms with van der Waals surface area (Å²) in [6, 6.07) is 0. The van der Waals surface area contributed by atoms with Gasteiger partial charge in [-0.3, -0.25) is 4.79 Å². The van der Waals surface area contributed by atoms with Crippen LogP contribution in [0.25, 0.3) is 0 Å². The smallest absolute Gasteiger partial charge is 0.306 e. The highest BCUT2D eigenvalue weighted by molar-refractivity contribution is 5.69. The van der Waals surface area contributed by atoms with Crippen molar-refractivity contribution in [2.24, 2.45) is 0 Å². The van der Waals surface area contributed by atoms with Crippen molar-refractivity contribution < 1.29 is 9.53 Å². The number of unbranched alkanes of at least 4 members (excludes halogenated alkanes) is 2. The Kier molecular flexibility index (Phi) is 9.71. The van der Waals surface area contributed by atoms with Gasteiger partial charge in [-0.2, -0.15) is 0 Å². The van der Waals surface area contributed by atoms with E-state index < -0.39 is 0 Å². The summed E-state index contributed by atoms with van der Waals surface area (Å²) >= 11 is 0. The molecule has 0 amide bonds. The van der Waals surface area contributed by atoms with Gasteiger partial charge in [0, 0.05) is 6.42 Å². The maximum absolute atomic E-state index is 11.1. The van der Waals surface area contributed by atoms with Crippen molar-refractivity contribution in [3.63, 3.8) is 0 Å². The molecule has 2 nitrogen and oxygen atoms in total. The first-order valence-corrected chi connectivity index (χ1v) is 5.61. The molecule has 0 rings (SSSR count). The second-order valence-electron chi connectivity index (χ2n) is 3.35. The van der Waals surface area contributed by atoms with Crippen molar-refractivity contribution in [1.29, 1.82) is 0 Å². The van der Waals surface area contributed by atoms with E-state index in [-0.39, 0.29) is 5.97 Å². The van der Waals surface area contributed by atoms with Gasteiger partial charge < -0.3 is 4.74 Å². The molecule has 2 heteroatoms. The zero-order valence-corrected chi connectivity index (χ0v) is 9.42. The lowest BCUT2D eigenvalue weighted by molar-refractivity contribution is -0.143. The summed E-state index contributed by atoms with van der Waals surface area (Å²) in [4.78, 5) is 11.1. The minimum Gasteiger partial charge on any atom is -0.466 e. The minimum atomic E-state index is -0.0677. The van der Waals surface area contributed by atoms with E-state index in [2.05, 4.69) is 19.9 Å². The summed E-state index contributed by atoms with van der Waals surface area (Å²) in [7, 11) is 0. The van der Waals surface area contributed by atoms with Crippen molar-refractivity contribution in [1.82, 2.24) is 0 Å². The third-order valence-electron chi connectivity index (χ3n) is 1.93. The van der Waals surface area contributed by atoms with Crippen molar-refractivity contribution >= 4 is 5.97 Å². The molecule has 0 aliphatic carbocycles. The highest BCUT2D eigenvalue weighted by Gasteiger charge is 1.99. The van der Waals surface area contributed by atoms with E-state index in [1.54, 1.807) is 0 Å². The van der Waals surface area contributed by atoms with E-state index in [9.17, 15) is 4.79 Å². The van der Waals surface area contributed by atoms with Crippen LogP contribution in [0.2, 0.25) is 0 Å². The van der Waals surface area contributed by atoms with Crippen LogP contribution in [0.4, 0.5) is 0 Å². The molecule has 0 atom stereocenters. The zero-order chi connectivity index (χ0) is 10.6. The first-order valence-electron chi connectivity index (χ1n) is 5.61. The molecular formula is C12H22O2. The summed E-state index contributed by atoms with van der Waals surface area (Å²) in [5.74, 6) is -0.0677. The molecule has 0 spiro atoms. The minimum absolute atomic E-state index is 0.0677. The topological polar surface area (TPSA) is 26.3 Å². The molecule has 0 aliphatic heterocycles. The van der Waals surface area contributed by atoms with Crippen molar-refractivity contribution in [3.8, 4) is 0 Å². The van der Waals surface area contributed by atoms with E-state index in [0.717, 1.165) is 32.1 Å². The van der Waals surface area contributed by atoms with Crippen LogP contribution in [-0.4, -0.2) is 12.6 Å². The van der Waals surface area contributed by atoms with Gasteiger partial charge in [0.15, 0.2) is 0 Å². The van der Waals surface area contributed by atoms with Gasteiger partial charge in [0.05, 0.1) is 6.61 Å². The Morgan fingerprint density at radius 2 is 2.00 bits per heavy atom. The molecule has 14 heavy (non-hydrogen) atoms. The van der Waals surface area contributed by atoms with Gasteiger partial charge in [0.1, 0.15) is 0 Å². The Morgan fingerprint density at radius 1 is 1.21 bits per heavy atom. The quantitative estimate of drug-likeness (QED) is 0.339. The molecule has 0 aromatic rings. The summed E-state index contributed by atoms with van der Waals surface area (Å²) in [6.07, 6.45) is 9.76. The van der Waals surface area contributed by atoms with Crippen molar-refractivity contribution in [2.45, 2.75) is 52.4 Å². The molecule has 0 heterocycles. The standard InChI is InChI=1S/C12H22O2/c1-3-5-7-8-10-12(13)14-11-9-6-4-2/h5,7H,3-4,6,8-11H2,1-2H3. The molecular weight excluding hydrogens is 176 g/mol. The van der Waals surface area contributed by atoms with Gasteiger partial charge >= 0.3 is 5.97 Å². The third kappa shape index (κ3) is 9.30. The average molecular weight is 198 g/mol. The van der Waals surface area contributed by atoms with Crippen LogP contribution >= 0.6 is 0 Å². The lowest BCUT2D eigenvalue weighted by Crippen LogP contribution is -2.04. The molecule has 82 valence electrons. The van der Waals surface area contributed by atoms with E-state index in [4.69, 9.17) is 4.74 Å². The normalized spacial score (nSPS) is 10.7. The molecule has 0 unspecified atom stereocenters. The molecule has 0 fully saturated rings. The second kappa shape index (κ2) is 10.3. The third-order valence-corrected chi connectivity index (χ3v) is 1.93. The number of allylic oxidation sites excluding steroid dienone is 2. The lowest BCUT2D eigenvalue weighted by Gasteiger charge is -2.02. The fraction of sp³-hybridized carbons (Fsp3) is 0.750. The highest BCUT2D eigenvalue weighted by Crippen LogP contribution is 1.98. The number of hydrogen-bond acceptors (Lipinski definition) is 2. The summed E-state index contributed by atoms with van der Waals surface area (Å²) < 4.78 is 5.05. The Bertz CT molecular complexity index is 162. The van der Waals surface area contributed by atoms with Crippen LogP contribution in [0, 0.1) is 0 Å². The van der Waals surface area contributed by atoms with Crippen LogP contribution in [0.15, 0.2) is 12.2 Å². The molecule has 0 N–H and O–H groups in total. The predicted molar refractivity (Wildman–Crippen MR) is 59.1 cm³/mol. The first-order chi connectivity index (χ1) is 6.81. The Morgan fingerprint density at radius 3 is 2.64 bits per heavy atom. The van der Waals surface area contributed by atoms with E-state index in [1.807, 2.05) is 6.08 Å². The Hall–Kier alpha value is -0.790. The Balaban J connectivity index is 3.24. The van der Waals surface area contributed by atoms with Gasteiger partial charge in [0.2, 0.25) is 0 Å². The van der Waals surface area contributed by atoms with Crippen LogP contribution in [-0.2, 0) is 9.53 Å². The number of ether oxygens (including phenoxy) is 1. The summed E-state index contributed by atoms with van der Waals surface area (Å²) in [5, 5.41) is 0. The van der Waals surface area contributed by atoms with E-state index in [1.165, 1.54) is 0 Å². The molecule has 0 aromatic heterocycles. The molecule has 0 radical (unpaired) electrons. The number of carbonyl (C=O) groups is 1. The van der Waals surface area contributed by atoms with Crippen LogP contribution in [0.1, 0.15) is 52.4 Å². The van der Waals surface area contributed by atoms with Gasteiger partial charge in [-0.1, -0.05) is 38.8 Å². The molecule has 0 bridgehead atoms. The number of hydrogen-bond donors (Lipinski definition) is 0. The van der Waals surface area contributed by atoms with Gasteiger partial charge in [0.25, 0.3) is 0 Å². The zero-order valence-electron chi connectivity index (χ0n) is 9.42. The molecule has 0 saturated carbocycles. The maximum Gasteiger partial charge on any atom is 0.306 e. The van der Waals surface area contributed by atoms with Crippen molar-refractivity contribution in [2.75, 3.05) is 6.61 Å². The summed E-state index contributed by atoms with van der Waals surface area (Å²) in [6.45, 7) is 4.81. The van der Waals surface area contributed by atoms with Gasteiger partial charge in [-0.25, -0.2) is 0 Å². The van der Waals surface area contributed by atoms with Crippen LogP contribution < -0.4 is 0 Å². The number of esters is 1. The van der Waals surface area contributed by atoms with E-state index in [0.29, 0.717) is 13.0 Å². The van der Waals surface area contributed by atoms with Gasteiger partial charge in [-0.05, 0) is 19.3 Å². The SMILES string of the molecule is CCC=CCCC(=O)OCCCCC. The average Bonchev–Trinajstić information content (AvgIpc) is 2.19. The van der Waals surface area contributed by atoms with Crippen LogP contribution in [0.5, 0.6) is 0 Å². The fourth-order valence-electron chi connectivity index (χ4n) is 1.10. The number of carbonyl (C=O) groups excluding carboxylic acids is 1. The van der Waals surface area contributed by atoms with Crippen molar-refractivity contribution in [3.05, 3.63) is 12.2 Å². The largest absolute Gasteiger partial charge is 0.466 e. The summed E-state index contributed by atoms with van der Waals surface area (Å²) in [5.41, 5.74) is 0. The highest BCUT2D eigenvalue weighted by atomic mass is 16.5. The van der Waals surface area contributed by atoms with Gasteiger partial charge in [-0.15, -0.1) is 0 Å². The maximum atomic E-state index is 11.1. The second-order valence-corrected chi connectivity index (χ2v) is 3.35. The molecule has 0 aromatic carbocycles. The monoisotopic (exact) mass is 198 g/mol. The fourth-order valence-corrected chi connectivity index (χ4v) is 1.10. The molecule has 0 saturated heterocycles. The van der Waals surface area contributed by atoms with Crippen LogP contribution in [0.3, 0.4) is 0 Å². The Labute approximate surface area is 87.3 Å². The lowest BCUT2D eigenvalue weighted by atomic mass is 10.2. The molecule has 0 aliphatic rings.